The maximum Gasteiger partial charge on any atom is 0.249 e. The van der Waals surface area contributed by atoms with E-state index in [2.05, 4.69) is 19.2 Å². The van der Waals surface area contributed by atoms with Crippen molar-refractivity contribution in [2.45, 2.75) is 405 Å². The predicted octanol–water partition coefficient (Wildman–Crippen LogP) is 21.4. The Morgan fingerprint density at radius 3 is 0.764 bits per heavy atom. The van der Waals surface area contributed by atoms with Gasteiger partial charge >= 0.3 is 0 Å². The summed E-state index contributed by atoms with van der Waals surface area (Å²) in [6.45, 7) is 4.24. The predicted molar refractivity (Wildman–Crippen MR) is 319 cm³/mol. The van der Waals surface area contributed by atoms with Gasteiger partial charge in [0.15, 0.2) is 0 Å². The van der Waals surface area contributed by atoms with Crippen LogP contribution in [0.2, 0.25) is 0 Å². The van der Waals surface area contributed by atoms with Gasteiger partial charge in [0.2, 0.25) is 5.91 Å². The van der Waals surface area contributed by atoms with Crippen LogP contribution in [-0.2, 0) is 4.79 Å². The zero-order chi connectivity index (χ0) is 52.2. The number of allylic oxidation sites excluding steroid dienone is 1. The Kier molecular flexibility index (Phi) is 61.8. The molecule has 0 spiro atoms. The lowest BCUT2D eigenvalue weighted by atomic mass is 10.0. The van der Waals surface area contributed by atoms with Crippen LogP contribution >= 0.6 is 0 Å². The zero-order valence-electron chi connectivity index (χ0n) is 49.4. The summed E-state index contributed by atoms with van der Waals surface area (Å²) in [6, 6.07) is -0.795. The standard InChI is InChI=1S/C67H133NO4/c1-3-5-7-9-11-13-15-17-19-21-23-25-27-28-29-30-31-32-33-34-35-36-37-38-39-40-42-44-46-48-50-52-54-56-58-60-62-66(71)67(72)68-64(63-69)65(70)61-59-57-55-53-51-49-47-45-43-41-26-24-22-20-18-16-14-12-10-8-6-4-2/h59,61,64-66,69-71H,3-58,60,62-63H2,1-2H3,(H,68,72)/b61-59+. The first-order chi connectivity index (χ1) is 35.6. The second-order valence-corrected chi connectivity index (χ2v) is 23.4. The van der Waals surface area contributed by atoms with E-state index < -0.39 is 24.2 Å². The third-order valence-electron chi connectivity index (χ3n) is 16.1. The molecule has 5 nitrogen and oxygen atoms in total. The van der Waals surface area contributed by atoms with Crippen LogP contribution in [0.3, 0.4) is 0 Å². The second kappa shape index (κ2) is 62.6. The molecule has 4 N–H and O–H groups in total. The first-order valence-electron chi connectivity index (χ1n) is 33.5. The van der Waals surface area contributed by atoms with E-state index in [1.807, 2.05) is 6.08 Å². The van der Waals surface area contributed by atoms with Gasteiger partial charge in [0.1, 0.15) is 6.10 Å². The van der Waals surface area contributed by atoms with Crippen molar-refractivity contribution in [1.82, 2.24) is 5.32 Å². The molecule has 0 bridgehead atoms. The summed E-state index contributed by atoms with van der Waals surface area (Å²) in [5.74, 6) is -0.494. The molecular weight excluding hydrogens is 883 g/mol. The molecule has 5 heteroatoms. The number of aliphatic hydroxyl groups excluding tert-OH is 3. The van der Waals surface area contributed by atoms with Crippen LogP contribution < -0.4 is 5.32 Å². The monoisotopic (exact) mass is 1020 g/mol. The molecule has 0 aliphatic heterocycles. The van der Waals surface area contributed by atoms with Crippen molar-refractivity contribution in [3.63, 3.8) is 0 Å². The van der Waals surface area contributed by atoms with Gasteiger partial charge in [-0.3, -0.25) is 4.79 Å². The highest BCUT2D eigenvalue weighted by Crippen LogP contribution is 2.19. The molecule has 0 fully saturated rings. The lowest BCUT2D eigenvalue weighted by Gasteiger charge is -2.21. The van der Waals surface area contributed by atoms with Gasteiger partial charge in [0.05, 0.1) is 18.8 Å². The number of carbonyl (C=O) groups excluding carboxylic acids is 1. The molecule has 430 valence electrons. The maximum absolute atomic E-state index is 12.6. The first-order valence-corrected chi connectivity index (χ1v) is 33.5. The average molecular weight is 1020 g/mol. The molecule has 0 aliphatic rings. The summed E-state index contributed by atoms with van der Waals surface area (Å²) in [4.78, 5) is 12.6. The van der Waals surface area contributed by atoms with Crippen molar-refractivity contribution in [3.05, 3.63) is 12.2 Å². The summed E-state index contributed by atoms with van der Waals surface area (Å²) in [7, 11) is 0. The topological polar surface area (TPSA) is 89.8 Å². The Morgan fingerprint density at radius 1 is 0.333 bits per heavy atom. The van der Waals surface area contributed by atoms with Crippen LogP contribution in [0.5, 0.6) is 0 Å². The molecule has 0 aromatic heterocycles. The van der Waals surface area contributed by atoms with E-state index in [1.54, 1.807) is 6.08 Å². The first kappa shape index (κ1) is 71.1. The van der Waals surface area contributed by atoms with Crippen LogP contribution in [0.15, 0.2) is 12.2 Å². The Morgan fingerprint density at radius 2 is 0.542 bits per heavy atom. The molecular formula is C67H133NO4. The molecule has 0 aromatic rings. The van der Waals surface area contributed by atoms with E-state index in [0.29, 0.717) is 6.42 Å². The van der Waals surface area contributed by atoms with Crippen LogP contribution in [0.1, 0.15) is 386 Å². The summed E-state index contributed by atoms with van der Waals surface area (Å²) in [5, 5.41) is 33.5. The van der Waals surface area contributed by atoms with Crippen LogP contribution in [0.4, 0.5) is 0 Å². The minimum absolute atomic E-state index is 0.358. The number of hydrogen-bond donors (Lipinski definition) is 4. The Hall–Kier alpha value is -0.910. The van der Waals surface area contributed by atoms with Crippen molar-refractivity contribution in [2.24, 2.45) is 0 Å². The van der Waals surface area contributed by atoms with E-state index in [4.69, 9.17) is 0 Å². The Labute approximate surface area is 452 Å². The van der Waals surface area contributed by atoms with Crippen molar-refractivity contribution in [2.75, 3.05) is 6.61 Å². The number of rotatable bonds is 63. The summed E-state index contributed by atoms with van der Waals surface area (Å²) >= 11 is 0. The second-order valence-electron chi connectivity index (χ2n) is 23.4. The normalized spacial score (nSPS) is 13.1. The van der Waals surface area contributed by atoms with Gasteiger partial charge in [0.25, 0.3) is 0 Å². The van der Waals surface area contributed by atoms with Gasteiger partial charge in [-0.05, 0) is 19.3 Å². The molecule has 0 radical (unpaired) electrons. The lowest BCUT2D eigenvalue weighted by molar-refractivity contribution is -0.131. The fraction of sp³-hybridized carbons (Fsp3) is 0.955. The van der Waals surface area contributed by atoms with E-state index >= 15 is 0 Å². The van der Waals surface area contributed by atoms with Gasteiger partial charge in [-0.15, -0.1) is 0 Å². The van der Waals surface area contributed by atoms with E-state index in [9.17, 15) is 20.1 Å². The fourth-order valence-corrected chi connectivity index (χ4v) is 11.0. The van der Waals surface area contributed by atoms with E-state index in [1.165, 1.54) is 334 Å². The number of carbonyl (C=O) groups is 1. The van der Waals surface area contributed by atoms with Gasteiger partial charge in [-0.2, -0.15) is 0 Å². The quantitative estimate of drug-likeness (QED) is 0.0361. The summed E-state index contributed by atoms with van der Waals surface area (Å²) < 4.78 is 0. The van der Waals surface area contributed by atoms with Gasteiger partial charge in [-0.1, -0.05) is 379 Å². The van der Waals surface area contributed by atoms with Crippen LogP contribution in [-0.4, -0.2) is 46.1 Å². The fourth-order valence-electron chi connectivity index (χ4n) is 11.0. The molecule has 0 aliphatic carbocycles. The molecule has 0 aromatic carbocycles. The number of amides is 1. The minimum atomic E-state index is -1.09. The molecule has 1 amide bonds. The highest BCUT2D eigenvalue weighted by molar-refractivity contribution is 5.80. The maximum atomic E-state index is 12.6. The molecule has 72 heavy (non-hydrogen) atoms. The average Bonchev–Trinajstić information content (AvgIpc) is 3.39. The van der Waals surface area contributed by atoms with E-state index in [0.717, 1.165) is 32.1 Å². The minimum Gasteiger partial charge on any atom is -0.394 e. The molecule has 0 heterocycles. The van der Waals surface area contributed by atoms with Crippen LogP contribution in [0.25, 0.3) is 0 Å². The zero-order valence-corrected chi connectivity index (χ0v) is 49.4. The largest absolute Gasteiger partial charge is 0.394 e. The highest BCUT2D eigenvalue weighted by atomic mass is 16.3. The Balaban J connectivity index is 3.45. The number of nitrogens with one attached hydrogen (secondary N) is 1. The summed E-state index contributed by atoms with van der Waals surface area (Å²) in [5.41, 5.74) is 0. The molecule has 3 atom stereocenters. The highest BCUT2D eigenvalue weighted by Gasteiger charge is 2.22. The third-order valence-corrected chi connectivity index (χ3v) is 16.1. The van der Waals surface area contributed by atoms with Gasteiger partial charge in [0, 0.05) is 0 Å². The summed E-state index contributed by atoms with van der Waals surface area (Å²) in [6.07, 6.45) is 80.6. The van der Waals surface area contributed by atoms with Crippen molar-refractivity contribution >= 4 is 5.91 Å². The van der Waals surface area contributed by atoms with Gasteiger partial charge in [-0.25, -0.2) is 0 Å². The Bertz CT molecular complexity index is 1030. The number of aliphatic hydroxyl groups is 3. The SMILES string of the molecule is CCCCCCCCCCCCCCCCCCCCCC/C=C/C(O)C(CO)NC(=O)C(O)CCCCCCCCCCCCCCCCCCCCCCCCCCCCCCCCCCCCCC. The number of unbranched alkanes of at least 4 members (excludes halogenated alkanes) is 55. The van der Waals surface area contributed by atoms with Crippen molar-refractivity contribution < 1.29 is 20.1 Å². The van der Waals surface area contributed by atoms with Crippen molar-refractivity contribution in [1.29, 1.82) is 0 Å². The lowest BCUT2D eigenvalue weighted by Crippen LogP contribution is -2.48. The van der Waals surface area contributed by atoms with E-state index in [-0.39, 0.29) is 6.61 Å². The molecule has 0 saturated carbocycles. The van der Waals surface area contributed by atoms with Gasteiger partial charge < -0.3 is 20.6 Å². The molecule has 0 saturated heterocycles. The number of hydrogen-bond acceptors (Lipinski definition) is 4. The van der Waals surface area contributed by atoms with Crippen molar-refractivity contribution in [3.8, 4) is 0 Å². The molecule has 3 unspecified atom stereocenters. The molecule has 0 rings (SSSR count). The van der Waals surface area contributed by atoms with Crippen LogP contribution in [0, 0.1) is 0 Å². The smallest absolute Gasteiger partial charge is 0.249 e. The third kappa shape index (κ3) is 56.8.